The monoisotopic (exact) mass is 181 g/mol. The molecule has 0 saturated heterocycles. The summed E-state index contributed by atoms with van der Waals surface area (Å²) in [7, 11) is 0. The number of nitrogens with zero attached hydrogens (tertiary/aromatic N) is 2. The van der Waals surface area contributed by atoms with Crippen LogP contribution in [0.3, 0.4) is 0 Å². The second-order valence-corrected chi connectivity index (χ2v) is 3.51. The first-order valence-electron chi connectivity index (χ1n) is 3.53. The number of thioether (sulfide) groups is 1. The molecule has 2 rings (SSSR count). The number of carbonyl (C=O) groups excluding carboxylic acids is 1. The van der Waals surface area contributed by atoms with Gasteiger partial charge in [-0.2, -0.15) is 5.10 Å². The molecule has 2 heterocycles. The molecule has 0 aliphatic carbocycles. The number of hydrogen-bond acceptors (Lipinski definition) is 4. The van der Waals surface area contributed by atoms with E-state index in [4.69, 9.17) is 0 Å². The third kappa shape index (κ3) is 1.27. The van der Waals surface area contributed by atoms with Gasteiger partial charge in [0.1, 0.15) is 5.03 Å². The minimum Gasteiger partial charge on any atom is -0.323 e. The van der Waals surface area contributed by atoms with Gasteiger partial charge in [-0.05, 0) is 13.0 Å². The number of amides is 1. The van der Waals surface area contributed by atoms with Gasteiger partial charge in [0.05, 0.1) is 17.1 Å². The average Bonchev–Trinajstić information content (AvgIpc) is 2.03. The van der Waals surface area contributed by atoms with Crippen LogP contribution in [-0.2, 0) is 4.79 Å². The van der Waals surface area contributed by atoms with Crippen molar-refractivity contribution in [1.29, 1.82) is 0 Å². The number of rotatable bonds is 0. The summed E-state index contributed by atoms with van der Waals surface area (Å²) < 4.78 is 0. The van der Waals surface area contributed by atoms with Gasteiger partial charge >= 0.3 is 0 Å². The smallest absolute Gasteiger partial charge is 0.234 e. The lowest BCUT2D eigenvalue weighted by atomic mass is 10.4. The molecule has 5 heteroatoms. The maximum absolute atomic E-state index is 11.0. The van der Waals surface area contributed by atoms with Crippen LogP contribution in [0.15, 0.2) is 11.1 Å². The number of anilines is 1. The van der Waals surface area contributed by atoms with E-state index < -0.39 is 0 Å². The third-order valence-electron chi connectivity index (χ3n) is 1.50. The summed E-state index contributed by atoms with van der Waals surface area (Å²) >= 11 is 1.42. The van der Waals surface area contributed by atoms with E-state index in [1.54, 1.807) is 0 Å². The highest BCUT2D eigenvalue weighted by atomic mass is 32.2. The van der Waals surface area contributed by atoms with Crippen LogP contribution < -0.4 is 5.32 Å². The summed E-state index contributed by atoms with van der Waals surface area (Å²) in [6.07, 6.45) is 0. The zero-order chi connectivity index (χ0) is 8.55. The lowest BCUT2D eigenvalue weighted by Gasteiger charge is -2.13. The molecule has 0 fully saturated rings. The van der Waals surface area contributed by atoms with E-state index in [9.17, 15) is 4.79 Å². The molecule has 12 heavy (non-hydrogen) atoms. The Balaban J connectivity index is 2.44. The second-order valence-electron chi connectivity index (χ2n) is 2.54. The standard InChI is InChI=1S/C7H7N3OS/c1-4-2-5-7(10-9-4)12-3-6(11)8-5/h2H,3H2,1H3,(H,8,11). The van der Waals surface area contributed by atoms with Gasteiger partial charge in [-0.15, -0.1) is 5.10 Å². The van der Waals surface area contributed by atoms with Crippen molar-refractivity contribution in [2.24, 2.45) is 0 Å². The first-order chi connectivity index (χ1) is 5.75. The molecule has 1 aliphatic heterocycles. The highest BCUT2D eigenvalue weighted by Gasteiger charge is 2.16. The Morgan fingerprint density at radius 2 is 2.42 bits per heavy atom. The molecule has 1 aromatic rings. The Labute approximate surface area is 73.8 Å². The summed E-state index contributed by atoms with van der Waals surface area (Å²) in [5, 5.41) is 11.4. The molecule has 62 valence electrons. The highest BCUT2D eigenvalue weighted by Crippen LogP contribution is 2.28. The first-order valence-corrected chi connectivity index (χ1v) is 4.51. The molecule has 0 bridgehead atoms. The fourth-order valence-corrected chi connectivity index (χ4v) is 1.70. The van der Waals surface area contributed by atoms with Crippen molar-refractivity contribution in [3.8, 4) is 0 Å². The Bertz CT molecular complexity index is 339. The molecule has 0 spiro atoms. The van der Waals surface area contributed by atoms with E-state index in [2.05, 4.69) is 15.5 Å². The van der Waals surface area contributed by atoms with Gasteiger partial charge in [0, 0.05) is 0 Å². The summed E-state index contributed by atoms with van der Waals surface area (Å²) in [6.45, 7) is 1.85. The molecule has 0 atom stereocenters. The summed E-state index contributed by atoms with van der Waals surface area (Å²) in [4.78, 5) is 11.0. The minimum atomic E-state index is 0.0277. The van der Waals surface area contributed by atoms with Crippen molar-refractivity contribution in [3.05, 3.63) is 11.8 Å². The van der Waals surface area contributed by atoms with Gasteiger partial charge in [-0.1, -0.05) is 11.8 Å². The van der Waals surface area contributed by atoms with Crippen LogP contribution in [0.25, 0.3) is 0 Å². The first kappa shape index (κ1) is 7.54. The fraction of sp³-hybridized carbons (Fsp3) is 0.286. The second kappa shape index (κ2) is 2.75. The van der Waals surface area contributed by atoms with Crippen molar-refractivity contribution in [2.45, 2.75) is 11.9 Å². The van der Waals surface area contributed by atoms with Gasteiger partial charge in [0.15, 0.2) is 0 Å². The molecule has 4 nitrogen and oxygen atoms in total. The van der Waals surface area contributed by atoms with E-state index in [0.29, 0.717) is 5.75 Å². The number of aromatic nitrogens is 2. The third-order valence-corrected chi connectivity index (χ3v) is 2.48. The number of aryl methyl sites for hydroxylation is 1. The van der Waals surface area contributed by atoms with E-state index in [0.717, 1.165) is 16.4 Å². The maximum Gasteiger partial charge on any atom is 0.234 e. The minimum absolute atomic E-state index is 0.0277. The molecule has 0 aromatic carbocycles. The maximum atomic E-state index is 11.0. The van der Waals surface area contributed by atoms with Crippen LogP contribution in [0, 0.1) is 6.92 Å². The molecular weight excluding hydrogens is 174 g/mol. The van der Waals surface area contributed by atoms with Crippen LogP contribution in [0.1, 0.15) is 5.69 Å². The number of carbonyl (C=O) groups is 1. The molecule has 0 unspecified atom stereocenters. The molecule has 0 saturated carbocycles. The van der Waals surface area contributed by atoms with Gasteiger partial charge in [-0.25, -0.2) is 0 Å². The summed E-state index contributed by atoms with van der Waals surface area (Å²) in [5.41, 5.74) is 1.60. The van der Waals surface area contributed by atoms with Crippen LogP contribution >= 0.6 is 11.8 Å². The van der Waals surface area contributed by atoms with Crippen molar-refractivity contribution in [1.82, 2.24) is 10.2 Å². The molecule has 1 N–H and O–H groups in total. The predicted molar refractivity (Wildman–Crippen MR) is 46.1 cm³/mol. The Morgan fingerprint density at radius 3 is 3.25 bits per heavy atom. The molecule has 1 aromatic heterocycles. The molecule has 1 aliphatic rings. The van der Waals surface area contributed by atoms with Crippen LogP contribution in [0.5, 0.6) is 0 Å². The lowest BCUT2D eigenvalue weighted by molar-refractivity contribution is -0.113. The van der Waals surface area contributed by atoms with Gasteiger partial charge in [0.2, 0.25) is 5.91 Å². The van der Waals surface area contributed by atoms with Crippen molar-refractivity contribution >= 4 is 23.4 Å². The molecule has 1 amide bonds. The summed E-state index contributed by atoms with van der Waals surface area (Å²) in [5.74, 6) is 0.463. The topological polar surface area (TPSA) is 54.9 Å². The van der Waals surface area contributed by atoms with E-state index in [-0.39, 0.29) is 5.91 Å². The average molecular weight is 181 g/mol. The summed E-state index contributed by atoms with van der Waals surface area (Å²) in [6, 6.07) is 1.83. The van der Waals surface area contributed by atoms with Crippen molar-refractivity contribution < 1.29 is 4.79 Å². The van der Waals surface area contributed by atoms with Gasteiger partial charge in [-0.3, -0.25) is 4.79 Å². The zero-order valence-electron chi connectivity index (χ0n) is 6.50. The normalized spacial score (nSPS) is 15.2. The van der Waals surface area contributed by atoms with Crippen molar-refractivity contribution in [3.63, 3.8) is 0 Å². The van der Waals surface area contributed by atoms with Crippen LogP contribution in [0.2, 0.25) is 0 Å². The molecular formula is C7H7N3OS. The number of fused-ring (bicyclic) bond motifs is 1. The number of nitrogens with one attached hydrogen (secondary N) is 1. The zero-order valence-corrected chi connectivity index (χ0v) is 7.31. The Kier molecular flexibility index (Phi) is 1.73. The SMILES string of the molecule is Cc1cc2c(nn1)SCC(=O)N2. The van der Waals surface area contributed by atoms with Crippen LogP contribution in [-0.4, -0.2) is 21.9 Å². The van der Waals surface area contributed by atoms with Gasteiger partial charge < -0.3 is 5.32 Å². The predicted octanol–water partition coefficient (Wildman–Crippen LogP) is 0.829. The highest BCUT2D eigenvalue weighted by molar-refractivity contribution is 8.00. The van der Waals surface area contributed by atoms with Crippen molar-refractivity contribution in [2.75, 3.05) is 11.1 Å². The Morgan fingerprint density at radius 1 is 1.58 bits per heavy atom. The fourth-order valence-electron chi connectivity index (χ4n) is 0.994. The Hall–Kier alpha value is -1.10. The largest absolute Gasteiger partial charge is 0.323 e. The van der Waals surface area contributed by atoms with E-state index >= 15 is 0 Å². The molecule has 0 radical (unpaired) electrons. The number of hydrogen-bond donors (Lipinski definition) is 1. The van der Waals surface area contributed by atoms with E-state index in [1.165, 1.54) is 11.8 Å². The lowest BCUT2D eigenvalue weighted by Crippen LogP contribution is -2.19. The van der Waals surface area contributed by atoms with Crippen LogP contribution in [0.4, 0.5) is 5.69 Å². The van der Waals surface area contributed by atoms with Gasteiger partial charge in [0.25, 0.3) is 0 Å². The quantitative estimate of drug-likeness (QED) is 0.644. The van der Waals surface area contributed by atoms with E-state index in [1.807, 2.05) is 13.0 Å².